The minimum atomic E-state index is -3.36. The lowest BCUT2D eigenvalue weighted by Crippen LogP contribution is -2.49. The quantitative estimate of drug-likeness (QED) is 0.925. The van der Waals surface area contributed by atoms with Crippen LogP contribution in [0, 0.1) is 0 Å². The van der Waals surface area contributed by atoms with Gasteiger partial charge in [-0.2, -0.15) is 4.31 Å². The highest BCUT2D eigenvalue weighted by atomic mass is 32.2. The van der Waals surface area contributed by atoms with Crippen molar-refractivity contribution in [1.82, 2.24) is 4.31 Å². The lowest BCUT2D eigenvalue weighted by atomic mass is 10.0. The number of sulfonamides is 1. The van der Waals surface area contributed by atoms with Crippen molar-refractivity contribution in [3.05, 3.63) is 29.8 Å². The molecule has 6 heteroatoms. The molecule has 1 aromatic carbocycles. The second kappa shape index (κ2) is 6.79. The Bertz CT molecular complexity index is 623. The molecule has 1 atom stereocenters. The van der Waals surface area contributed by atoms with E-state index in [9.17, 15) is 13.2 Å². The van der Waals surface area contributed by atoms with Gasteiger partial charge in [0.25, 0.3) is 0 Å². The van der Waals surface area contributed by atoms with Crippen molar-refractivity contribution in [3.8, 4) is 0 Å². The van der Waals surface area contributed by atoms with Gasteiger partial charge in [-0.15, -0.1) is 0 Å². The second-order valence-electron chi connectivity index (χ2n) is 6.15. The molecule has 0 saturated carbocycles. The minimum absolute atomic E-state index is 0.248. The lowest BCUT2D eigenvalue weighted by Gasteiger charge is -2.32. The molecule has 0 bridgehead atoms. The molecule has 0 aromatic heterocycles. The van der Waals surface area contributed by atoms with Gasteiger partial charge < -0.3 is 5.32 Å². The number of anilines is 1. The van der Waals surface area contributed by atoms with Crippen LogP contribution in [0.3, 0.4) is 0 Å². The first-order valence-electron chi connectivity index (χ1n) is 7.66. The molecule has 2 rings (SSSR count). The molecule has 1 N–H and O–H groups in total. The third-order valence-electron chi connectivity index (χ3n) is 4.03. The van der Waals surface area contributed by atoms with Gasteiger partial charge in [-0.05, 0) is 36.5 Å². The number of amides is 1. The summed E-state index contributed by atoms with van der Waals surface area (Å²) in [5, 5.41) is 2.83. The van der Waals surface area contributed by atoms with E-state index in [1.807, 2.05) is 24.3 Å². The highest BCUT2D eigenvalue weighted by Gasteiger charge is 2.34. The maximum Gasteiger partial charge on any atom is 0.242 e. The zero-order valence-corrected chi connectivity index (χ0v) is 14.2. The molecule has 5 nitrogen and oxygen atoms in total. The van der Waals surface area contributed by atoms with Gasteiger partial charge in [0.1, 0.15) is 6.04 Å². The van der Waals surface area contributed by atoms with E-state index in [4.69, 9.17) is 0 Å². The Morgan fingerprint density at radius 3 is 2.41 bits per heavy atom. The molecule has 1 unspecified atom stereocenters. The molecule has 1 aliphatic heterocycles. The van der Waals surface area contributed by atoms with Crippen molar-refractivity contribution in [1.29, 1.82) is 0 Å². The molecule has 1 aromatic rings. The van der Waals surface area contributed by atoms with E-state index < -0.39 is 16.1 Å². The van der Waals surface area contributed by atoms with Crippen LogP contribution in [0.1, 0.15) is 44.6 Å². The Hall–Kier alpha value is -1.40. The smallest absolute Gasteiger partial charge is 0.242 e. The number of rotatable bonds is 4. The third-order valence-corrected chi connectivity index (χ3v) is 5.32. The van der Waals surface area contributed by atoms with Crippen LogP contribution >= 0.6 is 0 Å². The molecule has 1 saturated heterocycles. The van der Waals surface area contributed by atoms with Crippen molar-refractivity contribution in [2.24, 2.45) is 0 Å². The Morgan fingerprint density at radius 2 is 1.86 bits per heavy atom. The summed E-state index contributed by atoms with van der Waals surface area (Å²) in [6.45, 7) is 4.64. The molecule has 0 spiro atoms. The zero-order chi connectivity index (χ0) is 16.3. The predicted molar refractivity (Wildman–Crippen MR) is 88.3 cm³/mol. The van der Waals surface area contributed by atoms with E-state index in [0.717, 1.165) is 19.1 Å². The van der Waals surface area contributed by atoms with Crippen LogP contribution in [0.2, 0.25) is 0 Å². The van der Waals surface area contributed by atoms with Crippen molar-refractivity contribution in [2.75, 3.05) is 18.1 Å². The average molecular weight is 324 g/mol. The van der Waals surface area contributed by atoms with Gasteiger partial charge in [0, 0.05) is 12.2 Å². The van der Waals surface area contributed by atoms with E-state index in [1.165, 1.54) is 9.87 Å². The van der Waals surface area contributed by atoms with Gasteiger partial charge >= 0.3 is 0 Å². The molecule has 0 radical (unpaired) electrons. The zero-order valence-electron chi connectivity index (χ0n) is 13.4. The molecule has 0 aliphatic carbocycles. The third kappa shape index (κ3) is 4.08. The van der Waals surface area contributed by atoms with Gasteiger partial charge in [-0.25, -0.2) is 8.42 Å². The molecule has 122 valence electrons. The summed E-state index contributed by atoms with van der Waals surface area (Å²) in [6.07, 6.45) is 3.41. The highest BCUT2D eigenvalue weighted by molar-refractivity contribution is 7.88. The van der Waals surface area contributed by atoms with Gasteiger partial charge in [0.15, 0.2) is 0 Å². The predicted octanol–water partition coefficient (Wildman–Crippen LogP) is 2.56. The number of carbonyl (C=O) groups is 1. The van der Waals surface area contributed by atoms with Crippen LogP contribution in [-0.2, 0) is 14.8 Å². The van der Waals surface area contributed by atoms with Crippen LogP contribution < -0.4 is 5.32 Å². The lowest BCUT2D eigenvalue weighted by molar-refractivity contribution is -0.120. The molecule has 1 amide bonds. The maximum absolute atomic E-state index is 12.4. The molecule has 1 aliphatic rings. The van der Waals surface area contributed by atoms with Crippen molar-refractivity contribution in [2.45, 2.75) is 45.1 Å². The molecule has 22 heavy (non-hydrogen) atoms. The highest BCUT2D eigenvalue weighted by Crippen LogP contribution is 2.22. The molecule has 1 fully saturated rings. The fourth-order valence-electron chi connectivity index (χ4n) is 2.74. The maximum atomic E-state index is 12.4. The first-order valence-corrected chi connectivity index (χ1v) is 9.51. The number of piperidine rings is 1. The van der Waals surface area contributed by atoms with Gasteiger partial charge in [-0.1, -0.05) is 32.4 Å². The Kier molecular flexibility index (Phi) is 5.24. The van der Waals surface area contributed by atoms with Crippen LogP contribution in [0.15, 0.2) is 24.3 Å². The second-order valence-corrected chi connectivity index (χ2v) is 8.09. The van der Waals surface area contributed by atoms with Crippen molar-refractivity contribution < 1.29 is 13.2 Å². The van der Waals surface area contributed by atoms with E-state index in [0.29, 0.717) is 24.6 Å². The minimum Gasteiger partial charge on any atom is -0.325 e. The van der Waals surface area contributed by atoms with Crippen molar-refractivity contribution >= 4 is 21.6 Å². The van der Waals surface area contributed by atoms with E-state index in [1.54, 1.807) is 0 Å². The summed E-state index contributed by atoms with van der Waals surface area (Å²) in [5.41, 5.74) is 1.90. The van der Waals surface area contributed by atoms with Crippen LogP contribution in [0.25, 0.3) is 0 Å². The fraction of sp³-hybridized carbons (Fsp3) is 0.562. The number of benzene rings is 1. The van der Waals surface area contributed by atoms with Crippen LogP contribution in [0.5, 0.6) is 0 Å². The monoisotopic (exact) mass is 324 g/mol. The Labute approximate surface area is 132 Å². The summed E-state index contributed by atoms with van der Waals surface area (Å²) in [7, 11) is -3.36. The van der Waals surface area contributed by atoms with E-state index in [2.05, 4.69) is 19.2 Å². The average Bonchev–Trinajstić information content (AvgIpc) is 2.47. The summed E-state index contributed by atoms with van der Waals surface area (Å²) >= 11 is 0. The largest absolute Gasteiger partial charge is 0.325 e. The Balaban J connectivity index is 2.10. The van der Waals surface area contributed by atoms with E-state index in [-0.39, 0.29) is 5.91 Å². The first kappa shape index (κ1) is 17.0. The molecular weight excluding hydrogens is 300 g/mol. The van der Waals surface area contributed by atoms with Crippen LogP contribution in [0.4, 0.5) is 5.69 Å². The Morgan fingerprint density at radius 1 is 1.23 bits per heavy atom. The summed E-state index contributed by atoms with van der Waals surface area (Å²) in [5.74, 6) is 0.186. The number of carbonyl (C=O) groups excluding carboxylic acids is 1. The number of nitrogens with zero attached hydrogens (tertiary/aromatic N) is 1. The van der Waals surface area contributed by atoms with Gasteiger partial charge in [0.2, 0.25) is 15.9 Å². The summed E-state index contributed by atoms with van der Waals surface area (Å²) < 4.78 is 25.0. The molecular formula is C16H24N2O3S. The number of hydrogen-bond donors (Lipinski definition) is 1. The van der Waals surface area contributed by atoms with Crippen LogP contribution in [-0.4, -0.2) is 37.5 Å². The fourth-order valence-corrected chi connectivity index (χ4v) is 3.87. The number of hydrogen-bond acceptors (Lipinski definition) is 3. The summed E-state index contributed by atoms with van der Waals surface area (Å²) in [4.78, 5) is 12.4. The topological polar surface area (TPSA) is 66.5 Å². The summed E-state index contributed by atoms with van der Waals surface area (Å²) in [6, 6.07) is 7.08. The SMILES string of the molecule is CC(C)c1ccc(NC(=O)C2CCCCN2S(C)(=O)=O)cc1. The van der Waals surface area contributed by atoms with Crippen molar-refractivity contribution in [3.63, 3.8) is 0 Å². The normalized spacial score (nSPS) is 20.1. The molecule has 1 heterocycles. The first-order chi connectivity index (χ1) is 10.3. The number of nitrogens with one attached hydrogen (secondary N) is 1. The standard InChI is InChI=1S/C16H24N2O3S/c1-12(2)13-7-9-14(10-8-13)17-16(19)15-6-4-5-11-18(15)22(3,20)21/h7-10,12,15H,4-6,11H2,1-3H3,(H,17,19). The van der Waals surface area contributed by atoms with E-state index >= 15 is 0 Å². The van der Waals surface area contributed by atoms with Gasteiger partial charge in [0.05, 0.1) is 6.26 Å². The van der Waals surface area contributed by atoms with Gasteiger partial charge in [-0.3, -0.25) is 4.79 Å².